The van der Waals surface area contributed by atoms with Crippen LogP contribution < -0.4 is 10.6 Å². The van der Waals surface area contributed by atoms with Crippen molar-refractivity contribution in [2.24, 2.45) is 0 Å². The molecular weight excluding hydrogens is 342 g/mol. The lowest BCUT2D eigenvalue weighted by atomic mass is 10.1. The number of nitrogens with one attached hydrogen (secondary N) is 2. The second-order valence-electron chi connectivity index (χ2n) is 5.81. The highest BCUT2D eigenvalue weighted by Crippen LogP contribution is 2.21. The van der Waals surface area contributed by atoms with Gasteiger partial charge in [-0.05, 0) is 24.3 Å². The number of hydrogen-bond acceptors (Lipinski definition) is 5. The van der Waals surface area contributed by atoms with E-state index < -0.39 is 18.0 Å². The maximum atomic E-state index is 12.6. The van der Waals surface area contributed by atoms with Gasteiger partial charge in [0, 0.05) is 18.2 Å². The maximum absolute atomic E-state index is 12.6. The summed E-state index contributed by atoms with van der Waals surface area (Å²) in [5.74, 6) is -0.319. The molecule has 1 unspecified atom stereocenters. The SMILES string of the molecule is CC(=O)OC(C(=O)Nc1ccc(Nc2ccccc2)nc1)c1ccccc1. The predicted molar refractivity (Wildman–Crippen MR) is 104 cm³/mol. The number of benzene rings is 2. The summed E-state index contributed by atoms with van der Waals surface area (Å²) >= 11 is 0. The summed E-state index contributed by atoms with van der Waals surface area (Å²) in [5.41, 5.74) is 2.02. The van der Waals surface area contributed by atoms with E-state index in [9.17, 15) is 9.59 Å². The molecule has 0 fully saturated rings. The molecule has 0 aliphatic rings. The first-order chi connectivity index (χ1) is 13.1. The summed E-state index contributed by atoms with van der Waals surface area (Å²) in [6, 6.07) is 22.0. The Kier molecular flexibility index (Phi) is 5.79. The van der Waals surface area contributed by atoms with Crippen LogP contribution in [0.15, 0.2) is 79.0 Å². The average Bonchev–Trinajstić information content (AvgIpc) is 2.69. The van der Waals surface area contributed by atoms with Crippen molar-refractivity contribution in [3.63, 3.8) is 0 Å². The summed E-state index contributed by atoms with van der Waals surface area (Å²) in [7, 11) is 0. The zero-order chi connectivity index (χ0) is 19.1. The van der Waals surface area contributed by atoms with Crippen LogP contribution in [0.1, 0.15) is 18.6 Å². The van der Waals surface area contributed by atoms with E-state index in [1.807, 2.05) is 36.4 Å². The smallest absolute Gasteiger partial charge is 0.303 e. The van der Waals surface area contributed by atoms with Gasteiger partial charge in [-0.15, -0.1) is 0 Å². The molecule has 0 radical (unpaired) electrons. The van der Waals surface area contributed by atoms with Gasteiger partial charge in [-0.1, -0.05) is 48.5 Å². The number of aromatic nitrogens is 1. The molecule has 2 aromatic carbocycles. The van der Waals surface area contributed by atoms with Gasteiger partial charge >= 0.3 is 5.97 Å². The quantitative estimate of drug-likeness (QED) is 0.647. The Bertz CT molecular complexity index is 897. The van der Waals surface area contributed by atoms with Crippen LogP contribution in [0.3, 0.4) is 0 Å². The number of amides is 1. The maximum Gasteiger partial charge on any atom is 0.303 e. The van der Waals surface area contributed by atoms with Crippen LogP contribution in [0.5, 0.6) is 0 Å². The normalized spacial score (nSPS) is 11.3. The van der Waals surface area contributed by atoms with Crippen molar-refractivity contribution in [2.45, 2.75) is 13.0 Å². The largest absolute Gasteiger partial charge is 0.447 e. The fraction of sp³-hybridized carbons (Fsp3) is 0.0952. The highest BCUT2D eigenvalue weighted by molar-refractivity contribution is 5.95. The Hall–Kier alpha value is -3.67. The molecule has 1 amide bonds. The van der Waals surface area contributed by atoms with E-state index >= 15 is 0 Å². The van der Waals surface area contributed by atoms with Crippen molar-refractivity contribution in [1.29, 1.82) is 0 Å². The molecule has 0 saturated carbocycles. The third kappa shape index (κ3) is 5.15. The predicted octanol–water partition coefficient (Wildman–Crippen LogP) is 4.07. The lowest BCUT2D eigenvalue weighted by Crippen LogP contribution is -2.25. The first kappa shape index (κ1) is 18.1. The van der Waals surface area contributed by atoms with Crippen LogP contribution in [0.4, 0.5) is 17.2 Å². The Morgan fingerprint density at radius 2 is 1.56 bits per heavy atom. The van der Waals surface area contributed by atoms with E-state index in [0.29, 0.717) is 17.1 Å². The molecule has 2 N–H and O–H groups in total. The number of ether oxygens (including phenoxy) is 1. The van der Waals surface area contributed by atoms with Crippen LogP contribution in [-0.4, -0.2) is 16.9 Å². The third-order valence-electron chi connectivity index (χ3n) is 3.70. The summed E-state index contributed by atoms with van der Waals surface area (Å²) in [6.45, 7) is 1.27. The van der Waals surface area contributed by atoms with E-state index in [4.69, 9.17) is 4.74 Å². The van der Waals surface area contributed by atoms with Gasteiger partial charge < -0.3 is 15.4 Å². The number of carbonyl (C=O) groups excluding carboxylic acids is 2. The molecule has 3 aromatic rings. The molecule has 1 aromatic heterocycles. The Morgan fingerprint density at radius 1 is 0.889 bits per heavy atom. The molecule has 1 atom stereocenters. The summed E-state index contributed by atoms with van der Waals surface area (Å²) in [5, 5.41) is 5.90. The van der Waals surface area contributed by atoms with E-state index in [0.717, 1.165) is 5.69 Å². The Labute approximate surface area is 157 Å². The molecule has 0 bridgehead atoms. The standard InChI is InChI=1S/C21H19N3O3/c1-15(25)27-20(16-8-4-2-5-9-16)21(26)24-18-12-13-19(22-14-18)23-17-10-6-3-7-11-17/h2-14,20H,1H3,(H,22,23)(H,24,26). The zero-order valence-electron chi connectivity index (χ0n) is 14.8. The van der Waals surface area contributed by atoms with Crippen LogP contribution in [0.2, 0.25) is 0 Å². The monoisotopic (exact) mass is 361 g/mol. The topological polar surface area (TPSA) is 80.3 Å². The van der Waals surface area contributed by atoms with Gasteiger partial charge in [0.05, 0.1) is 11.9 Å². The molecule has 0 saturated heterocycles. The molecule has 6 nitrogen and oxygen atoms in total. The first-order valence-electron chi connectivity index (χ1n) is 8.43. The van der Waals surface area contributed by atoms with Crippen molar-refractivity contribution in [2.75, 3.05) is 10.6 Å². The minimum Gasteiger partial charge on any atom is -0.447 e. The van der Waals surface area contributed by atoms with Crippen LogP contribution in [-0.2, 0) is 14.3 Å². The van der Waals surface area contributed by atoms with Gasteiger partial charge in [-0.2, -0.15) is 0 Å². The average molecular weight is 361 g/mol. The van der Waals surface area contributed by atoms with Crippen LogP contribution >= 0.6 is 0 Å². The number of hydrogen-bond donors (Lipinski definition) is 2. The number of rotatable bonds is 6. The van der Waals surface area contributed by atoms with E-state index in [-0.39, 0.29) is 0 Å². The van der Waals surface area contributed by atoms with Gasteiger partial charge in [0.2, 0.25) is 6.10 Å². The van der Waals surface area contributed by atoms with Crippen molar-refractivity contribution in [3.8, 4) is 0 Å². The Morgan fingerprint density at radius 3 is 2.15 bits per heavy atom. The van der Waals surface area contributed by atoms with Crippen molar-refractivity contribution < 1.29 is 14.3 Å². The molecule has 0 aliphatic heterocycles. The fourth-order valence-electron chi connectivity index (χ4n) is 2.49. The van der Waals surface area contributed by atoms with Gasteiger partial charge in [0.15, 0.2) is 0 Å². The zero-order valence-corrected chi connectivity index (χ0v) is 14.8. The molecule has 1 heterocycles. The molecule has 136 valence electrons. The van der Waals surface area contributed by atoms with Gasteiger partial charge in [0.25, 0.3) is 5.91 Å². The number of carbonyl (C=O) groups is 2. The van der Waals surface area contributed by atoms with Gasteiger partial charge in [-0.3, -0.25) is 9.59 Å². The lowest BCUT2D eigenvalue weighted by Gasteiger charge is -2.17. The van der Waals surface area contributed by atoms with Crippen molar-refractivity contribution in [1.82, 2.24) is 4.98 Å². The number of para-hydroxylation sites is 1. The lowest BCUT2D eigenvalue weighted by molar-refractivity contribution is -0.152. The molecule has 0 aliphatic carbocycles. The highest BCUT2D eigenvalue weighted by atomic mass is 16.5. The number of pyridine rings is 1. The summed E-state index contributed by atoms with van der Waals surface area (Å²) in [6.07, 6.45) is 0.518. The van der Waals surface area contributed by atoms with E-state index in [1.165, 1.54) is 6.92 Å². The van der Waals surface area contributed by atoms with Crippen LogP contribution in [0, 0.1) is 0 Å². The molecule has 27 heavy (non-hydrogen) atoms. The molecule has 0 spiro atoms. The van der Waals surface area contributed by atoms with E-state index in [2.05, 4.69) is 15.6 Å². The van der Waals surface area contributed by atoms with Gasteiger partial charge in [-0.25, -0.2) is 4.98 Å². The molecule has 6 heteroatoms. The Balaban J connectivity index is 1.69. The summed E-state index contributed by atoms with van der Waals surface area (Å²) < 4.78 is 5.19. The van der Waals surface area contributed by atoms with Crippen LogP contribution in [0.25, 0.3) is 0 Å². The number of esters is 1. The van der Waals surface area contributed by atoms with Crippen molar-refractivity contribution >= 4 is 29.1 Å². The van der Waals surface area contributed by atoms with Gasteiger partial charge in [0.1, 0.15) is 5.82 Å². The second-order valence-corrected chi connectivity index (χ2v) is 5.81. The van der Waals surface area contributed by atoms with Crippen molar-refractivity contribution in [3.05, 3.63) is 84.6 Å². The molecule has 3 rings (SSSR count). The molecular formula is C21H19N3O3. The first-order valence-corrected chi connectivity index (χ1v) is 8.43. The van der Waals surface area contributed by atoms with E-state index in [1.54, 1.807) is 42.6 Å². The fourth-order valence-corrected chi connectivity index (χ4v) is 2.49. The third-order valence-corrected chi connectivity index (χ3v) is 3.70. The summed E-state index contributed by atoms with van der Waals surface area (Å²) in [4.78, 5) is 28.3. The number of nitrogens with zero attached hydrogens (tertiary/aromatic N) is 1. The minimum absolute atomic E-state index is 0.443. The number of anilines is 3. The minimum atomic E-state index is -1.02. The highest BCUT2D eigenvalue weighted by Gasteiger charge is 2.23. The second kappa shape index (κ2) is 8.62.